The first-order valence-corrected chi connectivity index (χ1v) is 7.02. The van der Waals surface area contributed by atoms with Crippen molar-refractivity contribution in [3.05, 3.63) is 48.0 Å². The smallest absolute Gasteiger partial charge is 0.330 e. The molecule has 0 bridgehead atoms. The van der Waals surface area contributed by atoms with Crippen LogP contribution in [0.3, 0.4) is 0 Å². The molecule has 0 heterocycles. The van der Waals surface area contributed by atoms with Gasteiger partial charge < -0.3 is 5.11 Å². The van der Waals surface area contributed by atoms with Crippen molar-refractivity contribution in [3.63, 3.8) is 0 Å². The number of benzene rings is 1. The van der Waals surface area contributed by atoms with Crippen molar-refractivity contribution in [3.8, 4) is 0 Å². The molecule has 0 saturated heterocycles. The Morgan fingerprint density at radius 3 is 1.90 bits per heavy atom. The molecule has 0 amide bonds. The van der Waals surface area contributed by atoms with Crippen LogP contribution in [0.1, 0.15) is 43.7 Å². The van der Waals surface area contributed by atoms with Gasteiger partial charge in [-0.05, 0) is 12.0 Å². The molecule has 2 nitrogen and oxygen atoms in total. The molecule has 1 fully saturated rings. The predicted octanol–water partition coefficient (Wildman–Crippen LogP) is 4.26. The van der Waals surface area contributed by atoms with Crippen LogP contribution in [-0.2, 0) is 17.1 Å². The largest absolute Gasteiger partial charge is 0.400 e. The van der Waals surface area contributed by atoms with Crippen molar-refractivity contribution >= 4 is 5.78 Å². The SMILES string of the molecule is C1CCC1.C=CCc1ccc(C(F)(F)C(C)=O)cc1.CO. The number of carbonyl (C=O) groups is 1. The van der Waals surface area contributed by atoms with Crippen LogP contribution in [0.5, 0.6) is 0 Å². The first-order chi connectivity index (χ1) is 9.98. The second kappa shape index (κ2) is 10.2. The molecule has 118 valence electrons. The van der Waals surface area contributed by atoms with Crippen LogP contribution in [0.4, 0.5) is 8.78 Å². The van der Waals surface area contributed by atoms with Gasteiger partial charge in [0.25, 0.3) is 0 Å². The third-order valence-electron chi connectivity index (χ3n) is 3.14. The summed E-state index contributed by atoms with van der Waals surface area (Å²) in [7, 11) is 1.00. The van der Waals surface area contributed by atoms with Gasteiger partial charge in [-0.3, -0.25) is 4.79 Å². The quantitative estimate of drug-likeness (QED) is 0.843. The number of aliphatic hydroxyl groups is 1. The Kier molecular flexibility index (Phi) is 9.46. The summed E-state index contributed by atoms with van der Waals surface area (Å²) in [6, 6.07) is 5.71. The summed E-state index contributed by atoms with van der Waals surface area (Å²) in [6.07, 6.45) is 8.32. The number of allylic oxidation sites excluding steroid dienone is 1. The van der Waals surface area contributed by atoms with Crippen molar-refractivity contribution in [2.45, 2.75) is 45.0 Å². The van der Waals surface area contributed by atoms with E-state index in [1.807, 2.05) is 0 Å². The molecule has 1 N–H and O–H groups in total. The van der Waals surface area contributed by atoms with E-state index in [0.717, 1.165) is 19.6 Å². The maximum atomic E-state index is 13.2. The van der Waals surface area contributed by atoms with Gasteiger partial charge >= 0.3 is 5.92 Å². The Bertz CT molecular complexity index is 417. The molecule has 1 saturated carbocycles. The van der Waals surface area contributed by atoms with Crippen molar-refractivity contribution in [2.24, 2.45) is 0 Å². The molecule has 0 aliphatic heterocycles. The minimum absolute atomic E-state index is 0.261. The third kappa shape index (κ3) is 6.63. The van der Waals surface area contributed by atoms with E-state index in [9.17, 15) is 13.6 Å². The number of ketones is 1. The molecule has 1 aromatic carbocycles. The summed E-state index contributed by atoms with van der Waals surface area (Å²) in [6.45, 7) is 4.44. The summed E-state index contributed by atoms with van der Waals surface area (Å²) in [5, 5.41) is 7.00. The van der Waals surface area contributed by atoms with Crippen LogP contribution in [0.25, 0.3) is 0 Å². The Morgan fingerprint density at radius 1 is 1.19 bits per heavy atom. The lowest BCUT2D eigenvalue weighted by atomic mass is 10.0. The molecule has 0 atom stereocenters. The van der Waals surface area contributed by atoms with Gasteiger partial charge in [0.1, 0.15) is 0 Å². The average molecular weight is 298 g/mol. The zero-order valence-electron chi connectivity index (χ0n) is 12.7. The van der Waals surface area contributed by atoms with Crippen molar-refractivity contribution in [1.29, 1.82) is 0 Å². The minimum Gasteiger partial charge on any atom is -0.400 e. The number of hydrogen-bond donors (Lipinski definition) is 1. The zero-order chi connectivity index (χ0) is 16.3. The number of Topliss-reactive ketones (excluding diaryl/α,β-unsaturated/α-hetero) is 1. The molecule has 1 aromatic rings. The van der Waals surface area contributed by atoms with E-state index in [4.69, 9.17) is 5.11 Å². The van der Waals surface area contributed by atoms with E-state index in [-0.39, 0.29) is 5.56 Å². The highest BCUT2D eigenvalue weighted by molar-refractivity contribution is 5.84. The van der Waals surface area contributed by atoms with E-state index < -0.39 is 11.7 Å². The van der Waals surface area contributed by atoms with Crippen LogP contribution >= 0.6 is 0 Å². The lowest BCUT2D eigenvalue weighted by Crippen LogP contribution is -2.22. The van der Waals surface area contributed by atoms with Crippen LogP contribution < -0.4 is 0 Å². The lowest BCUT2D eigenvalue weighted by Gasteiger charge is -2.13. The Balaban J connectivity index is 0.000000558. The fraction of sp³-hybridized carbons (Fsp3) is 0.471. The molecule has 0 spiro atoms. The Hall–Kier alpha value is -1.55. The number of aliphatic hydroxyl groups excluding tert-OH is 1. The summed E-state index contributed by atoms with van der Waals surface area (Å²) >= 11 is 0. The molecule has 0 unspecified atom stereocenters. The molecular weight excluding hydrogens is 274 g/mol. The van der Waals surface area contributed by atoms with Crippen LogP contribution in [-0.4, -0.2) is 18.0 Å². The van der Waals surface area contributed by atoms with Crippen molar-refractivity contribution in [1.82, 2.24) is 0 Å². The van der Waals surface area contributed by atoms with Gasteiger partial charge in [0, 0.05) is 19.6 Å². The second-order valence-corrected chi connectivity index (χ2v) is 4.73. The van der Waals surface area contributed by atoms with Gasteiger partial charge in [-0.15, -0.1) is 6.58 Å². The first kappa shape index (κ1) is 19.4. The number of halogens is 2. The molecule has 21 heavy (non-hydrogen) atoms. The lowest BCUT2D eigenvalue weighted by molar-refractivity contribution is -0.141. The van der Waals surface area contributed by atoms with E-state index in [1.165, 1.54) is 37.8 Å². The highest BCUT2D eigenvalue weighted by Crippen LogP contribution is 2.28. The fourth-order valence-electron chi connectivity index (χ4n) is 1.47. The number of carbonyl (C=O) groups excluding carboxylic acids is 1. The normalized spacial score (nSPS) is 12.8. The number of rotatable bonds is 4. The van der Waals surface area contributed by atoms with Crippen molar-refractivity contribution in [2.75, 3.05) is 7.11 Å². The second-order valence-electron chi connectivity index (χ2n) is 4.73. The molecule has 4 heteroatoms. The highest BCUT2D eigenvalue weighted by atomic mass is 19.3. The summed E-state index contributed by atoms with van der Waals surface area (Å²) in [4.78, 5) is 10.7. The van der Waals surface area contributed by atoms with Gasteiger partial charge in [0.15, 0.2) is 0 Å². The van der Waals surface area contributed by atoms with E-state index in [1.54, 1.807) is 18.2 Å². The maximum absolute atomic E-state index is 13.2. The molecule has 0 aromatic heterocycles. The Morgan fingerprint density at radius 2 is 1.62 bits per heavy atom. The Labute approximate surface area is 125 Å². The maximum Gasteiger partial charge on any atom is 0.330 e. The van der Waals surface area contributed by atoms with Crippen LogP contribution in [0, 0.1) is 0 Å². The number of alkyl halides is 2. The van der Waals surface area contributed by atoms with Crippen LogP contribution in [0.2, 0.25) is 0 Å². The van der Waals surface area contributed by atoms with Gasteiger partial charge in [-0.25, -0.2) is 0 Å². The van der Waals surface area contributed by atoms with Gasteiger partial charge in [-0.2, -0.15) is 8.78 Å². The molecule has 1 aliphatic carbocycles. The first-order valence-electron chi connectivity index (χ1n) is 7.02. The average Bonchev–Trinajstić information content (AvgIpc) is 2.40. The third-order valence-corrected chi connectivity index (χ3v) is 3.14. The monoisotopic (exact) mass is 298 g/mol. The predicted molar refractivity (Wildman–Crippen MR) is 81.5 cm³/mol. The zero-order valence-corrected chi connectivity index (χ0v) is 12.7. The number of hydrogen-bond acceptors (Lipinski definition) is 2. The van der Waals surface area contributed by atoms with E-state index in [0.29, 0.717) is 6.42 Å². The fourth-order valence-corrected chi connectivity index (χ4v) is 1.47. The van der Waals surface area contributed by atoms with E-state index >= 15 is 0 Å². The van der Waals surface area contributed by atoms with E-state index in [2.05, 4.69) is 6.58 Å². The summed E-state index contributed by atoms with van der Waals surface area (Å²) < 4.78 is 26.5. The van der Waals surface area contributed by atoms with Crippen molar-refractivity contribution < 1.29 is 18.7 Å². The van der Waals surface area contributed by atoms with Crippen LogP contribution in [0.15, 0.2) is 36.9 Å². The molecule has 2 rings (SSSR count). The van der Waals surface area contributed by atoms with Gasteiger partial charge in [-0.1, -0.05) is 56.0 Å². The summed E-state index contributed by atoms with van der Waals surface area (Å²) in [5.41, 5.74) is 0.635. The molecule has 0 radical (unpaired) electrons. The summed E-state index contributed by atoms with van der Waals surface area (Å²) in [5.74, 6) is -4.52. The highest BCUT2D eigenvalue weighted by Gasteiger charge is 2.36. The van der Waals surface area contributed by atoms with Gasteiger partial charge in [0.05, 0.1) is 0 Å². The van der Waals surface area contributed by atoms with Gasteiger partial charge in [0.2, 0.25) is 5.78 Å². The molecule has 1 aliphatic rings. The topological polar surface area (TPSA) is 37.3 Å². The minimum atomic E-state index is -3.38. The molecular formula is C17H24F2O2. The standard InChI is InChI=1S/C12H12F2O.C4H8.CH4O/c1-3-4-10-5-7-11(8-6-10)12(13,14)9(2)15;1-2-4-3-1;1-2/h3,5-8H,1,4H2,2H3;1-4H2;2H,1H3.